The van der Waals surface area contributed by atoms with Gasteiger partial charge in [-0.15, -0.1) is 0 Å². The van der Waals surface area contributed by atoms with Gasteiger partial charge in [0.2, 0.25) is 0 Å². The lowest BCUT2D eigenvalue weighted by atomic mass is 10.3. The van der Waals surface area contributed by atoms with Crippen LogP contribution in [0.25, 0.3) is 0 Å². The Kier molecular flexibility index (Phi) is 6.26. The number of nitrogens with zero attached hydrogens (tertiary/aromatic N) is 1. The van der Waals surface area contributed by atoms with Crippen molar-refractivity contribution in [1.82, 2.24) is 5.32 Å². The molecule has 0 aliphatic rings. The van der Waals surface area contributed by atoms with Crippen molar-refractivity contribution < 1.29 is 9.94 Å². The molecular formula is C8H19N3O2. The van der Waals surface area contributed by atoms with Crippen molar-refractivity contribution >= 4 is 5.84 Å². The van der Waals surface area contributed by atoms with Crippen molar-refractivity contribution in [3.05, 3.63) is 0 Å². The Labute approximate surface area is 78.9 Å². The molecular weight excluding hydrogens is 170 g/mol. The molecule has 4 N–H and O–H groups in total. The fraction of sp³-hybridized carbons (Fsp3) is 0.875. The van der Waals surface area contributed by atoms with Crippen LogP contribution in [0.15, 0.2) is 5.16 Å². The summed E-state index contributed by atoms with van der Waals surface area (Å²) in [5.41, 5.74) is 5.37. The maximum Gasteiger partial charge on any atom is 0.156 e. The zero-order valence-electron chi connectivity index (χ0n) is 8.45. The van der Waals surface area contributed by atoms with Gasteiger partial charge >= 0.3 is 0 Å². The summed E-state index contributed by atoms with van der Waals surface area (Å²) < 4.78 is 5.30. The molecule has 0 spiro atoms. The molecule has 2 atom stereocenters. The highest BCUT2D eigenvalue weighted by atomic mass is 16.5. The number of nitrogens with two attached hydrogens (primary N) is 1. The van der Waals surface area contributed by atoms with Crippen molar-refractivity contribution in [1.29, 1.82) is 0 Å². The zero-order chi connectivity index (χ0) is 10.3. The first kappa shape index (κ1) is 12.2. The number of rotatable bonds is 6. The van der Waals surface area contributed by atoms with Gasteiger partial charge in [-0.3, -0.25) is 0 Å². The van der Waals surface area contributed by atoms with Gasteiger partial charge in [0.1, 0.15) is 0 Å². The first-order valence-electron chi connectivity index (χ1n) is 4.44. The van der Waals surface area contributed by atoms with Crippen LogP contribution in [-0.2, 0) is 4.74 Å². The van der Waals surface area contributed by atoms with E-state index in [1.807, 2.05) is 20.8 Å². The van der Waals surface area contributed by atoms with Crippen LogP contribution in [-0.4, -0.2) is 36.3 Å². The Morgan fingerprint density at radius 3 is 2.69 bits per heavy atom. The molecule has 0 saturated heterocycles. The SMILES string of the molecule is CCOC(C)CNC(C)C(N)=NO. The molecule has 0 fully saturated rings. The molecule has 13 heavy (non-hydrogen) atoms. The van der Waals surface area contributed by atoms with E-state index in [4.69, 9.17) is 15.7 Å². The lowest BCUT2D eigenvalue weighted by molar-refractivity contribution is 0.0755. The van der Waals surface area contributed by atoms with E-state index in [-0.39, 0.29) is 18.0 Å². The molecule has 0 aliphatic heterocycles. The van der Waals surface area contributed by atoms with Gasteiger partial charge in [-0.2, -0.15) is 0 Å². The molecule has 0 aliphatic carbocycles. The minimum Gasteiger partial charge on any atom is -0.409 e. The summed E-state index contributed by atoms with van der Waals surface area (Å²) in [6.45, 7) is 7.12. The van der Waals surface area contributed by atoms with Crippen LogP contribution in [0.1, 0.15) is 20.8 Å². The molecule has 0 bridgehead atoms. The highest BCUT2D eigenvalue weighted by Crippen LogP contribution is 1.89. The third-order valence-electron chi connectivity index (χ3n) is 1.72. The molecule has 0 aromatic rings. The molecule has 0 radical (unpaired) electrons. The van der Waals surface area contributed by atoms with Gasteiger partial charge in [0, 0.05) is 13.2 Å². The van der Waals surface area contributed by atoms with Gasteiger partial charge < -0.3 is 21.0 Å². The van der Waals surface area contributed by atoms with Crippen LogP contribution in [0.4, 0.5) is 0 Å². The standard InChI is InChI=1S/C8H19N3O2/c1-4-13-6(2)5-10-7(3)8(9)11-12/h6-7,10,12H,4-5H2,1-3H3,(H2,9,11). The Morgan fingerprint density at radius 2 is 2.23 bits per heavy atom. The molecule has 2 unspecified atom stereocenters. The van der Waals surface area contributed by atoms with Gasteiger partial charge in [-0.25, -0.2) is 0 Å². The van der Waals surface area contributed by atoms with Crippen molar-refractivity contribution in [3.8, 4) is 0 Å². The average Bonchev–Trinajstić information content (AvgIpc) is 2.13. The molecule has 5 heteroatoms. The number of ether oxygens (including phenoxy) is 1. The van der Waals surface area contributed by atoms with Gasteiger partial charge in [0.05, 0.1) is 12.1 Å². The molecule has 0 aromatic carbocycles. The van der Waals surface area contributed by atoms with Gasteiger partial charge in [0.25, 0.3) is 0 Å². The number of hydrogen-bond donors (Lipinski definition) is 3. The molecule has 5 nitrogen and oxygen atoms in total. The van der Waals surface area contributed by atoms with Crippen LogP contribution >= 0.6 is 0 Å². The molecule has 0 rings (SSSR count). The first-order chi connectivity index (χ1) is 6.11. The molecule has 0 aromatic heterocycles. The van der Waals surface area contributed by atoms with Crippen molar-refractivity contribution in [2.24, 2.45) is 10.9 Å². The topological polar surface area (TPSA) is 79.9 Å². The summed E-state index contributed by atoms with van der Waals surface area (Å²) in [4.78, 5) is 0. The second kappa shape index (κ2) is 6.68. The van der Waals surface area contributed by atoms with E-state index < -0.39 is 0 Å². The van der Waals surface area contributed by atoms with Crippen LogP contribution in [0.5, 0.6) is 0 Å². The average molecular weight is 189 g/mol. The van der Waals surface area contributed by atoms with Crippen LogP contribution in [0.2, 0.25) is 0 Å². The predicted octanol–water partition coefficient (Wildman–Crippen LogP) is 0.136. The third kappa shape index (κ3) is 5.43. The van der Waals surface area contributed by atoms with Crippen LogP contribution in [0.3, 0.4) is 0 Å². The summed E-state index contributed by atoms with van der Waals surface area (Å²) in [6.07, 6.45) is 0.138. The van der Waals surface area contributed by atoms with E-state index in [2.05, 4.69) is 10.5 Å². The predicted molar refractivity (Wildman–Crippen MR) is 52.0 cm³/mol. The van der Waals surface area contributed by atoms with E-state index in [0.717, 1.165) is 0 Å². The number of hydrogen-bond acceptors (Lipinski definition) is 4. The van der Waals surface area contributed by atoms with E-state index >= 15 is 0 Å². The Morgan fingerprint density at radius 1 is 1.62 bits per heavy atom. The van der Waals surface area contributed by atoms with Crippen LogP contribution in [0, 0.1) is 0 Å². The van der Waals surface area contributed by atoms with Gasteiger partial charge in [0.15, 0.2) is 5.84 Å². The zero-order valence-corrected chi connectivity index (χ0v) is 8.45. The Balaban J connectivity index is 3.63. The van der Waals surface area contributed by atoms with Crippen LogP contribution < -0.4 is 11.1 Å². The fourth-order valence-electron chi connectivity index (χ4n) is 0.877. The summed E-state index contributed by atoms with van der Waals surface area (Å²) in [7, 11) is 0. The maximum atomic E-state index is 8.37. The molecule has 0 heterocycles. The van der Waals surface area contributed by atoms with Crippen molar-refractivity contribution in [3.63, 3.8) is 0 Å². The van der Waals surface area contributed by atoms with E-state index in [0.29, 0.717) is 13.2 Å². The molecule has 0 amide bonds. The van der Waals surface area contributed by atoms with E-state index in [1.165, 1.54) is 0 Å². The minimum absolute atomic E-state index is 0.132. The molecule has 78 valence electrons. The normalized spacial score (nSPS) is 17.0. The lowest BCUT2D eigenvalue weighted by Crippen LogP contribution is -2.42. The lowest BCUT2D eigenvalue weighted by Gasteiger charge is -2.16. The number of nitrogens with one attached hydrogen (secondary N) is 1. The second-order valence-electron chi connectivity index (χ2n) is 2.92. The summed E-state index contributed by atoms with van der Waals surface area (Å²) in [5, 5.41) is 14.3. The summed E-state index contributed by atoms with van der Waals surface area (Å²) in [6, 6.07) is -0.132. The highest BCUT2D eigenvalue weighted by Gasteiger charge is 2.08. The minimum atomic E-state index is -0.132. The van der Waals surface area contributed by atoms with Gasteiger partial charge in [-0.05, 0) is 20.8 Å². The first-order valence-corrected chi connectivity index (χ1v) is 4.44. The Bertz CT molecular complexity index is 161. The third-order valence-corrected chi connectivity index (χ3v) is 1.72. The monoisotopic (exact) mass is 189 g/mol. The summed E-state index contributed by atoms with van der Waals surface area (Å²) in [5.74, 6) is 0.184. The summed E-state index contributed by atoms with van der Waals surface area (Å²) >= 11 is 0. The van der Waals surface area contributed by atoms with E-state index in [9.17, 15) is 0 Å². The van der Waals surface area contributed by atoms with Gasteiger partial charge in [-0.1, -0.05) is 5.16 Å². The largest absolute Gasteiger partial charge is 0.409 e. The van der Waals surface area contributed by atoms with Crippen molar-refractivity contribution in [2.75, 3.05) is 13.2 Å². The second-order valence-corrected chi connectivity index (χ2v) is 2.92. The highest BCUT2D eigenvalue weighted by molar-refractivity contribution is 5.84. The quantitative estimate of drug-likeness (QED) is 0.240. The fourth-order valence-corrected chi connectivity index (χ4v) is 0.877. The number of oxime groups is 1. The smallest absolute Gasteiger partial charge is 0.156 e. The van der Waals surface area contributed by atoms with Crippen molar-refractivity contribution in [2.45, 2.75) is 32.9 Å². The Hall–Kier alpha value is -0.810. The maximum absolute atomic E-state index is 8.37. The molecule has 0 saturated carbocycles. The number of amidine groups is 1. The van der Waals surface area contributed by atoms with E-state index in [1.54, 1.807) is 0 Å².